The Morgan fingerprint density at radius 3 is 2.29 bits per heavy atom. The van der Waals surface area contributed by atoms with Crippen LogP contribution in [0.5, 0.6) is 11.5 Å². The van der Waals surface area contributed by atoms with Gasteiger partial charge in [-0.25, -0.2) is 0 Å². The van der Waals surface area contributed by atoms with E-state index in [1.807, 2.05) is 0 Å². The Balaban J connectivity index is 1.42. The van der Waals surface area contributed by atoms with Crippen molar-refractivity contribution in [1.29, 1.82) is 0 Å². The molecule has 0 spiro atoms. The normalized spacial score (nSPS) is 30.1. The number of hydrogen-bond donors (Lipinski definition) is 1. The molecule has 4 rings (SSSR count). The highest BCUT2D eigenvalue weighted by Gasteiger charge is 2.42. The summed E-state index contributed by atoms with van der Waals surface area (Å²) in [7, 11) is 3.10. The van der Waals surface area contributed by atoms with Crippen LogP contribution in [-0.2, 0) is 0 Å². The van der Waals surface area contributed by atoms with E-state index in [0.29, 0.717) is 22.1 Å². The number of amides is 1. The van der Waals surface area contributed by atoms with E-state index in [2.05, 4.69) is 10.2 Å². The smallest absolute Gasteiger partial charge is 0.255 e. The Kier molecular flexibility index (Phi) is 6.02. The van der Waals surface area contributed by atoms with Crippen LogP contribution in [0.15, 0.2) is 12.1 Å². The van der Waals surface area contributed by atoms with Crippen LogP contribution >= 0.6 is 11.6 Å². The van der Waals surface area contributed by atoms with Gasteiger partial charge in [0.25, 0.3) is 5.91 Å². The van der Waals surface area contributed by atoms with Crippen LogP contribution in [0.3, 0.4) is 0 Å². The number of hydrogen-bond acceptors (Lipinski definition) is 4. The van der Waals surface area contributed by atoms with Crippen molar-refractivity contribution in [2.45, 2.75) is 57.0 Å². The Labute approximate surface area is 172 Å². The van der Waals surface area contributed by atoms with E-state index >= 15 is 0 Å². The van der Waals surface area contributed by atoms with Gasteiger partial charge in [0.2, 0.25) is 0 Å². The molecule has 1 saturated heterocycles. The van der Waals surface area contributed by atoms with Crippen LogP contribution in [-0.4, -0.2) is 50.2 Å². The van der Waals surface area contributed by atoms with E-state index < -0.39 is 0 Å². The molecule has 3 fully saturated rings. The number of nitrogens with zero attached hydrogens (tertiary/aromatic N) is 1. The lowest BCUT2D eigenvalue weighted by molar-refractivity contribution is 0.0346. The van der Waals surface area contributed by atoms with Gasteiger partial charge in [-0.3, -0.25) is 9.69 Å². The molecule has 2 saturated carbocycles. The topological polar surface area (TPSA) is 50.8 Å². The van der Waals surface area contributed by atoms with E-state index in [-0.39, 0.29) is 11.9 Å². The minimum absolute atomic E-state index is 0.128. The number of benzene rings is 1. The predicted molar refractivity (Wildman–Crippen MR) is 110 cm³/mol. The van der Waals surface area contributed by atoms with Crippen molar-refractivity contribution < 1.29 is 14.3 Å². The highest BCUT2D eigenvalue weighted by atomic mass is 35.5. The molecule has 28 heavy (non-hydrogen) atoms. The van der Waals surface area contributed by atoms with Gasteiger partial charge in [-0.2, -0.15) is 0 Å². The molecule has 1 amide bonds. The summed E-state index contributed by atoms with van der Waals surface area (Å²) in [6.07, 6.45) is 9.35. The third-order valence-corrected chi connectivity index (χ3v) is 7.26. The van der Waals surface area contributed by atoms with Gasteiger partial charge in [0.1, 0.15) is 11.5 Å². The first-order chi connectivity index (χ1) is 13.6. The molecular formula is C22H31ClN2O3. The fraction of sp³-hybridized carbons (Fsp3) is 0.682. The van der Waals surface area contributed by atoms with E-state index in [4.69, 9.17) is 21.1 Å². The van der Waals surface area contributed by atoms with Gasteiger partial charge >= 0.3 is 0 Å². The van der Waals surface area contributed by atoms with Crippen LogP contribution < -0.4 is 14.8 Å². The van der Waals surface area contributed by atoms with E-state index in [9.17, 15) is 4.79 Å². The average Bonchev–Trinajstić information content (AvgIpc) is 3.15. The summed E-state index contributed by atoms with van der Waals surface area (Å²) in [5, 5.41) is 3.62. The first-order valence-electron chi connectivity index (χ1n) is 10.6. The molecule has 3 aliphatic rings. The lowest BCUT2D eigenvalue weighted by atomic mass is 9.68. The number of ether oxygens (including phenoxy) is 2. The molecule has 2 bridgehead atoms. The zero-order valence-corrected chi connectivity index (χ0v) is 17.6. The summed E-state index contributed by atoms with van der Waals surface area (Å²) in [6.45, 7) is 2.04. The summed E-state index contributed by atoms with van der Waals surface area (Å²) in [6, 6.07) is 4.21. The van der Waals surface area contributed by atoms with Gasteiger partial charge in [-0.1, -0.05) is 24.4 Å². The van der Waals surface area contributed by atoms with Crippen LogP contribution in [0.2, 0.25) is 5.02 Å². The first kappa shape index (κ1) is 19.8. The van der Waals surface area contributed by atoms with Crippen LogP contribution in [0.1, 0.15) is 55.3 Å². The molecule has 1 heterocycles. The maximum Gasteiger partial charge on any atom is 0.255 e. The van der Waals surface area contributed by atoms with Crippen molar-refractivity contribution >= 4 is 17.5 Å². The Hall–Kier alpha value is -1.46. The number of nitrogens with one attached hydrogen (secondary N) is 1. The number of carbonyl (C=O) groups is 1. The van der Waals surface area contributed by atoms with Gasteiger partial charge < -0.3 is 14.8 Å². The van der Waals surface area contributed by atoms with Crippen LogP contribution in [0.4, 0.5) is 0 Å². The molecule has 1 N–H and O–H groups in total. The molecule has 1 atom stereocenters. The second kappa shape index (κ2) is 8.50. The quantitative estimate of drug-likeness (QED) is 0.798. The molecule has 5 nitrogen and oxygen atoms in total. The zero-order chi connectivity index (χ0) is 19.7. The highest BCUT2D eigenvalue weighted by molar-refractivity contribution is 6.32. The molecule has 0 unspecified atom stereocenters. The third-order valence-electron chi connectivity index (χ3n) is 6.96. The Morgan fingerprint density at radius 2 is 1.68 bits per heavy atom. The Bertz CT molecular complexity index is 704. The minimum Gasteiger partial charge on any atom is -0.496 e. The predicted octanol–water partition coefficient (Wildman–Crippen LogP) is 4.13. The monoisotopic (exact) mass is 406 g/mol. The van der Waals surface area contributed by atoms with E-state index in [1.165, 1.54) is 38.5 Å². The van der Waals surface area contributed by atoms with E-state index in [1.54, 1.807) is 26.4 Å². The Morgan fingerprint density at radius 1 is 1.04 bits per heavy atom. The summed E-state index contributed by atoms with van der Waals surface area (Å²) in [5.74, 6) is 2.59. The SMILES string of the molecule is COc1cc(OC)c(C(=O)N[C@H]2CCN(C3C4CCCC3CCC4)C2)cc1Cl. The second-order valence-corrected chi connectivity index (χ2v) is 8.92. The van der Waals surface area contributed by atoms with E-state index in [0.717, 1.165) is 37.4 Å². The fourth-order valence-electron chi connectivity index (χ4n) is 5.71. The molecular weight excluding hydrogens is 376 g/mol. The van der Waals surface area contributed by atoms with Gasteiger partial charge in [0.15, 0.2) is 0 Å². The maximum absolute atomic E-state index is 12.9. The van der Waals surface area contributed by atoms with Crippen molar-refractivity contribution in [3.05, 3.63) is 22.7 Å². The second-order valence-electron chi connectivity index (χ2n) is 8.51. The van der Waals surface area contributed by atoms with Crippen molar-refractivity contribution in [3.63, 3.8) is 0 Å². The van der Waals surface area contributed by atoms with Gasteiger partial charge in [0, 0.05) is 31.2 Å². The van der Waals surface area contributed by atoms with Gasteiger partial charge in [-0.15, -0.1) is 0 Å². The van der Waals surface area contributed by atoms with Crippen molar-refractivity contribution in [1.82, 2.24) is 10.2 Å². The van der Waals surface area contributed by atoms with Crippen molar-refractivity contribution in [2.24, 2.45) is 11.8 Å². The lowest BCUT2D eigenvalue weighted by Gasteiger charge is -2.47. The lowest BCUT2D eigenvalue weighted by Crippen LogP contribution is -2.50. The molecule has 0 aromatic heterocycles. The molecule has 6 heteroatoms. The number of halogens is 1. The molecule has 0 radical (unpaired) electrons. The summed E-state index contributed by atoms with van der Waals surface area (Å²) in [5.41, 5.74) is 0.460. The van der Waals surface area contributed by atoms with Crippen LogP contribution in [0.25, 0.3) is 0 Å². The van der Waals surface area contributed by atoms with Crippen molar-refractivity contribution in [3.8, 4) is 11.5 Å². The zero-order valence-electron chi connectivity index (χ0n) is 16.9. The molecule has 2 aliphatic carbocycles. The number of likely N-dealkylation sites (tertiary alicyclic amines) is 1. The maximum atomic E-state index is 12.9. The van der Waals surface area contributed by atoms with Crippen LogP contribution in [0, 0.1) is 11.8 Å². The van der Waals surface area contributed by atoms with Gasteiger partial charge in [0.05, 0.1) is 24.8 Å². The summed E-state index contributed by atoms with van der Waals surface area (Å²) in [4.78, 5) is 15.6. The minimum atomic E-state index is -0.128. The third kappa shape index (κ3) is 3.84. The molecule has 1 aromatic carbocycles. The highest BCUT2D eigenvalue weighted by Crippen LogP contribution is 2.43. The number of rotatable bonds is 5. The molecule has 1 aliphatic heterocycles. The first-order valence-corrected chi connectivity index (χ1v) is 10.9. The standard InChI is InChI=1S/C22H31ClN2O3/c1-27-19-12-20(28-2)18(23)11-17(19)22(26)24-16-9-10-25(13-16)21-14-5-3-6-15(21)8-4-7-14/h11-12,14-16,21H,3-10,13H2,1-2H3,(H,24,26)/t14?,15?,16-,21?/m0/s1. The fourth-order valence-corrected chi connectivity index (χ4v) is 5.95. The largest absolute Gasteiger partial charge is 0.496 e. The number of carbonyl (C=O) groups excluding carboxylic acids is 1. The summed E-state index contributed by atoms with van der Waals surface area (Å²) >= 11 is 6.23. The van der Waals surface area contributed by atoms with Crippen molar-refractivity contribution in [2.75, 3.05) is 27.3 Å². The molecule has 1 aromatic rings. The number of methoxy groups -OCH3 is 2. The number of fused-ring (bicyclic) bond motifs is 2. The van der Waals surface area contributed by atoms with Gasteiger partial charge in [-0.05, 0) is 50.0 Å². The average molecular weight is 407 g/mol. The molecule has 154 valence electrons. The summed E-state index contributed by atoms with van der Waals surface area (Å²) < 4.78 is 10.6.